The third-order valence-corrected chi connectivity index (χ3v) is 3.36. The highest BCUT2D eigenvalue weighted by Gasteiger charge is 2.31. The molecule has 0 saturated heterocycles. The monoisotopic (exact) mass is 279 g/mol. The summed E-state index contributed by atoms with van der Waals surface area (Å²) in [6, 6.07) is -0.362. The molecule has 0 spiro atoms. The summed E-state index contributed by atoms with van der Waals surface area (Å²) in [4.78, 5) is 11.3. The Labute approximate surface area is 117 Å². The Morgan fingerprint density at radius 3 is 2.90 bits per heavy atom. The fraction of sp³-hybridized carbons (Fsp3) is 0.615. The van der Waals surface area contributed by atoms with Gasteiger partial charge in [0.05, 0.1) is 12.4 Å². The standard InChI is InChI=1S/C13H21N5O2/c1-4-13(3,19-5-2)12-17-11(20-18-12)10(14)6-9-7-15-8-16-9/h7-8,10H,4-6,14H2,1-3H3,(H,15,16)/t10-,13?/m1/s1. The maximum Gasteiger partial charge on any atom is 0.244 e. The van der Waals surface area contributed by atoms with E-state index in [4.69, 9.17) is 15.0 Å². The van der Waals surface area contributed by atoms with Crippen LogP contribution in [0.1, 0.15) is 50.6 Å². The number of rotatable bonds is 7. The Hall–Kier alpha value is -1.73. The van der Waals surface area contributed by atoms with E-state index in [1.807, 2.05) is 20.8 Å². The van der Waals surface area contributed by atoms with Crippen LogP contribution < -0.4 is 5.73 Å². The van der Waals surface area contributed by atoms with Gasteiger partial charge in [-0.15, -0.1) is 0 Å². The van der Waals surface area contributed by atoms with E-state index in [0.717, 1.165) is 12.1 Å². The third kappa shape index (κ3) is 3.05. The summed E-state index contributed by atoms with van der Waals surface area (Å²) in [7, 11) is 0. The van der Waals surface area contributed by atoms with E-state index in [-0.39, 0.29) is 6.04 Å². The van der Waals surface area contributed by atoms with Crippen LogP contribution in [0.4, 0.5) is 0 Å². The number of aromatic nitrogens is 4. The SMILES string of the molecule is CCOC(C)(CC)c1noc([C@H](N)Cc2cnc[nH]2)n1. The molecule has 1 unspecified atom stereocenters. The molecule has 2 aromatic rings. The number of nitrogens with zero attached hydrogens (tertiary/aromatic N) is 3. The van der Waals surface area contributed by atoms with E-state index in [9.17, 15) is 0 Å². The first-order valence-electron chi connectivity index (χ1n) is 6.80. The number of hydrogen-bond acceptors (Lipinski definition) is 6. The fourth-order valence-corrected chi connectivity index (χ4v) is 1.96. The molecule has 110 valence electrons. The summed E-state index contributed by atoms with van der Waals surface area (Å²) in [5.41, 5.74) is 6.47. The van der Waals surface area contributed by atoms with Crippen LogP contribution in [-0.4, -0.2) is 26.7 Å². The molecular weight excluding hydrogens is 258 g/mol. The lowest BCUT2D eigenvalue weighted by Crippen LogP contribution is -2.27. The molecule has 0 aromatic carbocycles. The number of imidazole rings is 1. The van der Waals surface area contributed by atoms with Crippen LogP contribution in [0, 0.1) is 0 Å². The summed E-state index contributed by atoms with van der Waals surface area (Å²) in [5.74, 6) is 0.950. The highest BCUT2D eigenvalue weighted by Crippen LogP contribution is 2.27. The average molecular weight is 279 g/mol. The minimum absolute atomic E-state index is 0.362. The quantitative estimate of drug-likeness (QED) is 0.799. The molecule has 20 heavy (non-hydrogen) atoms. The van der Waals surface area contributed by atoms with Crippen LogP contribution in [0.2, 0.25) is 0 Å². The number of ether oxygens (including phenoxy) is 1. The predicted molar refractivity (Wildman–Crippen MR) is 72.8 cm³/mol. The Balaban J connectivity index is 2.11. The van der Waals surface area contributed by atoms with E-state index in [1.54, 1.807) is 12.5 Å². The molecule has 0 radical (unpaired) electrons. The van der Waals surface area contributed by atoms with Crippen LogP contribution >= 0.6 is 0 Å². The zero-order valence-corrected chi connectivity index (χ0v) is 12.1. The maximum absolute atomic E-state index is 6.07. The molecule has 0 amide bonds. The van der Waals surface area contributed by atoms with Crippen molar-refractivity contribution in [3.8, 4) is 0 Å². The zero-order chi connectivity index (χ0) is 14.6. The van der Waals surface area contributed by atoms with Crippen LogP contribution in [0.25, 0.3) is 0 Å². The van der Waals surface area contributed by atoms with Gasteiger partial charge in [-0.1, -0.05) is 12.1 Å². The summed E-state index contributed by atoms with van der Waals surface area (Å²) >= 11 is 0. The van der Waals surface area contributed by atoms with Crippen molar-refractivity contribution in [1.82, 2.24) is 20.1 Å². The molecule has 0 bridgehead atoms. The van der Waals surface area contributed by atoms with Gasteiger partial charge in [-0.3, -0.25) is 0 Å². The Kier molecular flexibility index (Phi) is 4.51. The zero-order valence-electron chi connectivity index (χ0n) is 12.1. The molecule has 0 aliphatic carbocycles. The first kappa shape index (κ1) is 14.7. The van der Waals surface area contributed by atoms with E-state index >= 15 is 0 Å². The molecule has 7 heteroatoms. The van der Waals surface area contributed by atoms with Gasteiger partial charge >= 0.3 is 0 Å². The Bertz CT molecular complexity index is 525. The van der Waals surface area contributed by atoms with Crippen molar-refractivity contribution < 1.29 is 9.26 Å². The van der Waals surface area contributed by atoms with Gasteiger partial charge in [0.1, 0.15) is 5.60 Å². The first-order chi connectivity index (χ1) is 9.59. The van der Waals surface area contributed by atoms with Crippen molar-refractivity contribution >= 4 is 0 Å². The highest BCUT2D eigenvalue weighted by atomic mass is 16.5. The summed E-state index contributed by atoms with van der Waals surface area (Å²) in [6.07, 6.45) is 4.67. The lowest BCUT2D eigenvalue weighted by atomic mass is 10.0. The molecule has 2 rings (SSSR count). The Morgan fingerprint density at radius 2 is 2.30 bits per heavy atom. The molecule has 0 aliphatic rings. The van der Waals surface area contributed by atoms with Gasteiger partial charge in [0, 0.05) is 24.9 Å². The van der Waals surface area contributed by atoms with E-state index in [0.29, 0.717) is 24.7 Å². The second kappa shape index (κ2) is 6.15. The van der Waals surface area contributed by atoms with Crippen LogP contribution in [-0.2, 0) is 16.8 Å². The lowest BCUT2D eigenvalue weighted by Gasteiger charge is -2.23. The smallest absolute Gasteiger partial charge is 0.244 e. The van der Waals surface area contributed by atoms with E-state index < -0.39 is 5.60 Å². The average Bonchev–Trinajstić information content (AvgIpc) is 3.09. The van der Waals surface area contributed by atoms with Crippen molar-refractivity contribution in [2.24, 2.45) is 5.73 Å². The van der Waals surface area contributed by atoms with Gasteiger partial charge in [0.25, 0.3) is 0 Å². The molecule has 7 nitrogen and oxygen atoms in total. The van der Waals surface area contributed by atoms with Crippen LogP contribution in [0.5, 0.6) is 0 Å². The van der Waals surface area contributed by atoms with Gasteiger partial charge in [-0.05, 0) is 20.3 Å². The van der Waals surface area contributed by atoms with Gasteiger partial charge in [0.2, 0.25) is 11.7 Å². The van der Waals surface area contributed by atoms with Gasteiger partial charge in [0.15, 0.2) is 0 Å². The van der Waals surface area contributed by atoms with Crippen LogP contribution in [0.3, 0.4) is 0 Å². The topological polar surface area (TPSA) is 103 Å². The third-order valence-electron chi connectivity index (χ3n) is 3.36. The predicted octanol–water partition coefficient (Wildman–Crippen LogP) is 1.70. The van der Waals surface area contributed by atoms with Gasteiger partial charge in [-0.2, -0.15) is 4.98 Å². The number of H-pyrrole nitrogens is 1. The lowest BCUT2D eigenvalue weighted by molar-refractivity contribution is -0.0403. The molecule has 3 N–H and O–H groups in total. The van der Waals surface area contributed by atoms with Crippen molar-refractivity contribution in [3.05, 3.63) is 29.9 Å². The number of hydrogen-bond donors (Lipinski definition) is 2. The van der Waals surface area contributed by atoms with Gasteiger partial charge in [-0.25, -0.2) is 4.98 Å². The number of aromatic amines is 1. The fourth-order valence-electron chi connectivity index (χ4n) is 1.96. The molecule has 0 saturated carbocycles. The summed E-state index contributed by atoms with van der Waals surface area (Å²) in [6.45, 7) is 6.51. The minimum atomic E-state index is -0.537. The highest BCUT2D eigenvalue weighted by molar-refractivity contribution is 5.05. The van der Waals surface area contributed by atoms with Crippen LogP contribution in [0.15, 0.2) is 17.0 Å². The molecule has 2 aromatic heterocycles. The summed E-state index contributed by atoms with van der Waals surface area (Å²) in [5, 5.41) is 4.01. The minimum Gasteiger partial charge on any atom is -0.367 e. The normalized spacial score (nSPS) is 16.0. The number of nitrogens with one attached hydrogen (secondary N) is 1. The second-order valence-corrected chi connectivity index (χ2v) is 4.86. The summed E-state index contributed by atoms with van der Waals surface area (Å²) < 4.78 is 11.0. The molecule has 0 fully saturated rings. The van der Waals surface area contributed by atoms with E-state index in [2.05, 4.69) is 20.1 Å². The van der Waals surface area contributed by atoms with Gasteiger partial charge < -0.3 is 20.0 Å². The van der Waals surface area contributed by atoms with Crippen molar-refractivity contribution in [3.63, 3.8) is 0 Å². The van der Waals surface area contributed by atoms with Crippen molar-refractivity contribution in [1.29, 1.82) is 0 Å². The van der Waals surface area contributed by atoms with E-state index in [1.165, 1.54) is 0 Å². The second-order valence-electron chi connectivity index (χ2n) is 4.86. The molecular formula is C13H21N5O2. The van der Waals surface area contributed by atoms with Crippen molar-refractivity contribution in [2.45, 2.75) is 45.3 Å². The Morgan fingerprint density at radius 1 is 1.50 bits per heavy atom. The molecule has 2 atom stereocenters. The van der Waals surface area contributed by atoms with Crippen molar-refractivity contribution in [2.75, 3.05) is 6.61 Å². The molecule has 2 heterocycles. The maximum atomic E-state index is 6.07. The first-order valence-corrected chi connectivity index (χ1v) is 6.80. The largest absolute Gasteiger partial charge is 0.367 e. The molecule has 0 aliphatic heterocycles. The number of nitrogens with two attached hydrogens (primary N) is 1.